The molecule has 0 spiro atoms. The number of methoxy groups -OCH3 is 1. The number of ether oxygens (including phenoxy) is 3. The number of anilines is 4. The molecule has 0 unspecified atom stereocenters. The van der Waals surface area contributed by atoms with Gasteiger partial charge in [-0.2, -0.15) is 0 Å². The molecular weight excluding hydrogens is 1640 g/mol. The van der Waals surface area contributed by atoms with Gasteiger partial charge < -0.3 is 61.4 Å². The van der Waals surface area contributed by atoms with E-state index in [1.165, 1.54) is 43.4 Å². The SMILES string of the molecule is CC(C)(C)CCCn1cc(CO)nn1.CC(C)(C)CCCn1cc(COC(C)(C)C)nn1.CC(C)(C)CCCn1ccnn1.CC(C)CCCN(C)S(C)(=O)=O.CN(C)c1c(NCCCC(C)(C)C)c(=O)c1=O.CN/C(=C\[N+](=O)[O-])NCCCC(C)C.CNC(=O)OCCCC(C)(C)C.CNc1c(NCCCC(C)(C)C)c(=O)c1=O.COC(=O)NCCCC(C)(C)C. The summed E-state index contributed by atoms with van der Waals surface area (Å²) in [5.74, 6) is 1.78. The van der Waals surface area contributed by atoms with Crippen LogP contribution in [0.5, 0.6) is 0 Å². The number of amides is 2. The second-order valence-corrected chi connectivity index (χ2v) is 44.7. The Morgan fingerprint density at radius 1 is 0.528 bits per heavy atom. The molecule has 0 radical (unpaired) electrons. The normalized spacial score (nSPS) is 11.9. The standard InChI is InChI=1S/C14H27N3O.C13H22N2O2.C12H20N2O2.C10H19N3O.C9H19N3O2.C9H17N3.2C9H19NO2.C8H19NO2S/c1-13(2,3)8-7-9-17-10-12(15-16-17)11-18-14(4,5)6;1-13(2,3)7-6-8-14-9-10(15(4)5)12(17)11(9)16;1-12(2,3)6-5-7-14-9-8(13-4)10(15)11(9)16;1-10(2,3)5-4-6-13-7-9(8-14)11-12-13;1-8(2)5-4-6-11-9(10-3)7-12(13)14;1-9(2,3)5-4-7-12-8-6-10-11-12;1-9(2,3)6-5-7-10-8(11)12-4;1-9(2,3)6-5-7-12-8(11)10-4;1-8(2)6-5-7-9(3)12(4,10)11/h10H,7-9,11H2,1-6H3;14H,6-8H2,1-5H3;13-14H,5-7H2,1-4H3;7,14H,4-6,8H2,1-3H3;7-8,10-11H,4-6H2,1-3H3;6,8H,4-5,7H2,1-3H3;2*5-7H2,1-4H3,(H,10,11);8H,5-7H2,1-4H3/b;;;;9-7+;;;;. The maximum absolute atomic E-state index is 11.4. The van der Waals surface area contributed by atoms with Gasteiger partial charge in [0.05, 0.1) is 62.3 Å². The minimum atomic E-state index is -2.97. The zero-order valence-corrected chi connectivity index (χ0v) is 86.9. The molecule has 0 aliphatic carbocycles. The van der Waals surface area contributed by atoms with E-state index >= 15 is 0 Å². The third kappa shape index (κ3) is 75.4. The van der Waals surface area contributed by atoms with Crippen molar-refractivity contribution in [1.29, 1.82) is 0 Å². The van der Waals surface area contributed by atoms with Gasteiger partial charge in [0, 0.05) is 101 Å². The van der Waals surface area contributed by atoms with Crippen LogP contribution in [0, 0.1) is 59.9 Å². The summed E-state index contributed by atoms with van der Waals surface area (Å²) in [7, 11) is 8.44. The van der Waals surface area contributed by atoms with Gasteiger partial charge in [-0.3, -0.25) is 43.3 Å². The van der Waals surface area contributed by atoms with E-state index in [-0.39, 0.29) is 35.3 Å². The number of nitrogens with zero attached hydrogens (tertiary/aromatic N) is 12. The highest BCUT2D eigenvalue weighted by atomic mass is 32.2. The van der Waals surface area contributed by atoms with Crippen LogP contribution in [0.15, 0.2) is 56.0 Å². The fraction of sp³-hybridized carbons (Fsp3) is 0.806. The molecule has 5 aromatic rings. The number of aromatic nitrogens is 9. The van der Waals surface area contributed by atoms with Crippen LogP contribution in [-0.2, 0) is 57.1 Å². The number of aryl methyl sites for hydroxylation is 3. The lowest BCUT2D eigenvalue weighted by atomic mass is 9.90. The summed E-state index contributed by atoms with van der Waals surface area (Å²) in [4.78, 5) is 77.6. The predicted octanol–water partition coefficient (Wildman–Crippen LogP) is 17.2. The third-order valence-corrected chi connectivity index (χ3v) is 19.7. The first kappa shape index (κ1) is 125. The highest BCUT2D eigenvalue weighted by molar-refractivity contribution is 7.88. The van der Waals surface area contributed by atoms with Crippen molar-refractivity contribution in [3.8, 4) is 0 Å². The number of carbonyl (C=O) groups is 2. The molecule has 2 amide bonds. The number of aliphatic hydroxyl groups excluding tert-OH is 1. The lowest BCUT2D eigenvalue weighted by Crippen LogP contribution is -2.40. The van der Waals surface area contributed by atoms with Crippen LogP contribution in [-0.4, -0.2) is 181 Å². The number of alkyl carbamates (subject to hydrolysis) is 2. The Morgan fingerprint density at radius 2 is 0.929 bits per heavy atom. The van der Waals surface area contributed by atoms with Crippen molar-refractivity contribution in [3.63, 3.8) is 0 Å². The fourth-order valence-electron chi connectivity index (χ4n) is 11.1. The van der Waals surface area contributed by atoms with Crippen LogP contribution in [0.3, 0.4) is 0 Å². The summed E-state index contributed by atoms with van der Waals surface area (Å²) in [5.41, 5.74) is 4.16. The Morgan fingerprint density at radius 3 is 1.31 bits per heavy atom. The molecule has 34 heteroatoms. The zero-order valence-electron chi connectivity index (χ0n) is 86.1. The number of aliphatic hydroxyl groups is 1. The minimum Gasteiger partial charge on any atom is -0.453 e. The quantitative estimate of drug-likeness (QED) is 0.00781. The van der Waals surface area contributed by atoms with Gasteiger partial charge in [-0.25, -0.2) is 22.3 Å². The van der Waals surface area contributed by atoms with Crippen LogP contribution in [0.4, 0.5) is 32.3 Å². The summed E-state index contributed by atoms with van der Waals surface area (Å²) in [6.07, 6.45) is 28.3. The molecule has 3 aromatic heterocycles. The van der Waals surface area contributed by atoms with E-state index in [0.29, 0.717) is 110 Å². The van der Waals surface area contributed by atoms with E-state index in [2.05, 4.69) is 246 Å². The minimum absolute atomic E-state index is 0.0285. The first-order chi connectivity index (χ1) is 58.2. The van der Waals surface area contributed by atoms with E-state index in [1.54, 1.807) is 64.3 Å². The second-order valence-electron chi connectivity index (χ2n) is 42.6. The molecule has 0 aliphatic rings. The van der Waals surface area contributed by atoms with Gasteiger partial charge >= 0.3 is 12.2 Å². The molecule has 0 bridgehead atoms. The number of rotatable bonds is 40. The van der Waals surface area contributed by atoms with Gasteiger partial charge in [0.1, 0.15) is 34.1 Å². The van der Waals surface area contributed by atoms with E-state index in [4.69, 9.17) is 14.6 Å². The van der Waals surface area contributed by atoms with E-state index < -0.39 is 25.8 Å². The van der Waals surface area contributed by atoms with Crippen molar-refractivity contribution in [2.24, 2.45) is 49.7 Å². The first-order valence-electron chi connectivity index (χ1n) is 45.4. The Kier molecular flexibility index (Phi) is 62.9. The molecule has 8 N–H and O–H groups in total. The van der Waals surface area contributed by atoms with Crippen molar-refractivity contribution in [1.82, 2.24) is 70.6 Å². The molecule has 5 rings (SSSR count). The second kappa shape index (κ2) is 63.8. The lowest BCUT2D eigenvalue weighted by Gasteiger charge is -2.21. The average Bonchev–Trinajstić information content (AvgIpc) is 0.913. The van der Waals surface area contributed by atoms with Crippen molar-refractivity contribution in [2.45, 2.75) is 348 Å². The van der Waals surface area contributed by atoms with Gasteiger partial charge in [-0.05, 0) is 186 Å². The largest absolute Gasteiger partial charge is 0.453 e. The van der Waals surface area contributed by atoms with Gasteiger partial charge in [0.15, 0.2) is 5.82 Å². The Labute approximate surface area is 766 Å². The topological polar surface area (TPSA) is 410 Å². The highest BCUT2D eigenvalue weighted by Gasteiger charge is 2.24. The molecule has 127 heavy (non-hydrogen) atoms. The summed E-state index contributed by atoms with van der Waals surface area (Å²) in [6, 6.07) is 0. The molecule has 33 nitrogen and oxygen atoms in total. The average molecular weight is 1820 g/mol. The van der Waals surface area contributed by atoms with Crippen molar-refractivity contribution in [3.05, 3.63) is 99.2 Å². The summed E-state index contributed by atoms with van der Waals surface area (Å²) >= 11 is 0. The summed E-state index contributed by atoms with van der Waals surface area (Å²) < 4.78 is 43.8. The zero-order chi connectivity index (χ0) is 99.0. The van der Waals surface area contributed by atoms with Crippen molar-refractivity contribution >= 4 is 45.0 Å². The number of nitrogens with one attached hydrogen (secondary N) is 7. The molecule has 0 atom stereocenters. The van der Waals surface area contributed by atoms with E-state index in [1.807, 2.05) is 42.5 Å². The number of hydrogen-bond acceptors (Lipinski definition) is 26. The van der Waals surface area contributed by atoms with Crippen LogP contribution in [0.1, 0.15) is 321 Å². The molecule has 738 valence electrons. The van der Waals surface area contributed by atoms with Crippen LogP contribution < -0.4 is 63.8 Å². The summed E-state index contributed by atoms with van der Waals surface area (Å²) in [5, 5.41) is 62.1. The predicted molar refractivity (Wildman–Crippen MR) is 523 cm³/mol. The molecule has 0 fully saturated rings. The Hall–Kier alpha value is -8.11. The number of nitro groups is 1. The monoisotopic (exact) mass is 1820 g/mol. The van der Waals surface area contributed by atoms with Gasteiger partial charge in [0.2, 0.25) is 10.0 Å². The molecule has 3 heterocycles. The number of hydrogen-bond donors (Lipinski definition) is 8. The molecule has 2 aromatic carbocycles. The lowest BCUT2D eigenvalue weighted by molar-refractivity contribution is -0.404. The smallest absolute Gasteiger partial charge is 0.406 e. The van der Waals surface area contributed by atoms with Crippen LogP contribution >= 0.6 is 0 Å². The molecule has 0 saturated carbocycles. The summed E-state index contributed by atoms with van der Waals surface area (Å²) in [6.45, 7) is 68.5. The van der Waals surface area contributed by atoms with Crippen LogP contribution in [0.25, 0.3) is 0 Å². The van der Waals surface area contributed by atoms with Gasteiger partial charge in [-0.1, -0.05) is 189 Å². The van der Waals surface area contributed by atoms with Gasteiger partial charge in [0.25, 0.3) is 27.9 Å². The molecular formula is C93H181N19O14S. The van der Waals surface area contributed by atoms with Gasteiger partial charge in [-0.15, -0.1) is 15.3 Å². The highest BCUT2D eigenvalue weighted by Crippen LogP contribution is 2.27. The maximum Gasteiger partial charge on any atom is 0.406 e. The first-order valence-corrected chi connectivity index (χ1v) is 47.2. The Balaban J connectivity index is -0.000000673. The third-order valence-electron chi connectivity index (χ3n) is 18.4. The van der Waals surface area contributed by atoms with Crippen molar-refractivity contribution < 1.29 is 42.2 Å². The Bertz CT molecular complexity index is 3950. The maximum atomic E-state index is 11.4. The number of sulfonamides is 1. The fourth-order valence-corrected chi connectivity index (χ4v) is 11.5. The van der Waals surface area contributed by atoms with E-state index in [0.717, 1.165) is 141 Å². The van der Waals surface area contributed by atoms with E-state index in [9.17, 15) is 47.3 Å². The number of carbonyl (C=O) groups excluding carboxylic acids is 2. The van der Waals surface area contributed by atoms with Crippen molar-refractivity contribution in [2.75, 3.05) is 116 Å². The molecule has 0 aliphatic heterocycles. The molecule has 0 saturated heterocycles. The van der Waals surface area contributed by atoms with Crippen LogP contribution in [0.2, 0.25) is 0 Å².